The van der Waals surface area contributed by atoms with Gasteiger partial charge in [-0.1, -0.05) is 19.9 Å². The van der Waals surface area contributed by atoms with Gasteiger partial charge in [-0.15, -0.1) is 0 Å². The van der Waals surface area contributed by atoms with E-state index >= 15 is 0 Å². The molecule has 33 heavy (non-hydrogen) atoms. The molecule has 2 N–H and O–H groups in total. The minimum absolute atomic E-state index is 0.0327. The quantitative estimate of drug-likeness (QED) is 0.431. The van der Waals surface area contributed by atoms with Crippen molar-refractivity contribution in [1.82, 2.24) is 19.7 Å². The summed E-state index contributed by atoms with van der Waals surface area (Å²) in [5, 5.41) is 25.5. The Labute approximate surface area is 190 Å². The van der Waals surface area contributed by atoms with Crippen LogP contribution < -0.4 is 0 Å². The zero-order valence-corrected chi connectivity index (χ0v) is 18.6. The van der Waals surface area contributed by atoms with Crippen LogP contribution in [0.1, 0.15) is 75.6 Å². The molecular weight excluding hydrogens is 426 g/mol. The molecular formula is C23H25N5O5. The molecule has 0 aliphatic carbocycles. The number of hydrogen-bond acceptors (Lipinski definition) is 5. The monoisotopic (exact) mass is 451 g/mol. The third-order valence-corrected chi connectivity index (χ3v) is 6.15. The Hall–Kier alpha value is -3.95. The minimum atomic E-state index is -1.15. The number of aromatic amines is 1. The summed E-state index contributed by atoms with van der Waals surface area (Å²) in [6, 6.07) is 7.86. The van der Waals surface area contributed by atoms with E-state index < -0.39 is 16.9 Å². The summed E-state index contributed by atoms with van der Waals surface area (Å²) in [6.07, 6.45) is 2.22. The highest BCUT2D eigenvalue weighted by atomic mass is 16.6. The molecule has 172 valence electrons. The van der Waals surface area contributed by atoms with Crippen LogP contribution in [0.3, 0.4) is 0 Å². The molecule has 0 saturated carbocycles. The molecule has 10 heteroatoms. The number of carboxylic acids is 1. The molecule has 3 aromatic rings. The van der Waals surface area contributed by atoms with Crippen molar-refractivity contribution in [3.05, 3.63) is 80.4 Å². The van der Waals surface area contributed by atoms with Crippen molar-refractivity contribution < 1.29 is 19.6 Å². The lowest BCUT2D eigenvalue weighted by Gasteiger charge is -2.38. The molecule has 2 aromatic heterocycles. The maximum absolute atomic E-state index is 13.2. The van der Waals surface area contributed by atoms with Crippen LogP contribution in [0.4, 0.5) is 5.69 Å². The van der Waals surface area contributed by atoms with Crippen molar-refractivity contribution in [2.45, 2.75) is 45.7 Å². The number of nitrogens with zero attached hydrogens (tertiary/aromatic N) is 4. The Bertz CT molecular complexity index is 1230. The number of aryl methyl sites for hydroxylation is 1. The molecule has 1 aromatic carbocycles. The number of carbonyl (C=O) groups excluding carboxylic acids is 1. The van der Waals surface area contributed by atoms with Gasteiger partial charge in [-0.3, -0.25) is 19.6 Å². The highest BCUT2D eigenvalue weighted by molar-refractivity contribution is 5.94. The van der Waals surface area contributed by atoms with Gasteiger partial charge in [-0.05, 0) is 37.1 Å². The van der Waals surface area contributed by atoms with Gasteiger partial charge in [0.25, 0.3) is 11.6 Å². The van der Waals surface area contributed by atoms with Crippen LogP contribution in [-0.4, -0.2) is 48.1 Å². The molecule has 4 rings (SSSR count). The summed E-state index contributed by atoms with van der Waals surface area (Å²) in [5.74, 6) is -1.48. The van der Waals surface area contributed by atoms with Gasteiger partial charge in [0.2, 0.25) is 0 Å². The number of H-pyrrole nitrogens is 1. The maximum Gasteiger partial charge on any atom is 0.356 e. The molecule has 2 unspecified atom stereocenters. The Morgan fingerprint density at radius 2 is 2.09 bits per heavy atom. The second-order valence-electron chi connectivity index (χ2n) is 8.35. The molecule has 3 heterocycles. The number of carbonyl (C=O) groups is 2. The molecule has 1 aliphatic rings. The summed E-state index contributed by atoms with van der Waals surface area (Å²) in [6.45, 7) is 6.24. The fourth-order valence-corrected chi connectivity index (χ4v) is 4.74. The van der Waals surface area contributed by atoms with Crippen LogP contribution in [0.5, 0.6) is 0 Å². The lowest BCUT2D eigenvalue weighted by Crippen LogP contribution is -2.42. The molecule has 0 spiro atoms. The molecule has 0 radical (unpaired) electrons. The zero-order chi connectivity index (χ0) is 23.9. The molecule has 0 fully saturated rings. The number of carboxylic acid groups (broad SMARTS) is 1. The largest absolute Gasteiger partial charge is 0.476 e. The van der Waals surface area contributed by atoms with Crippen molar-refractivity contribution in [3.8, 4) is 0 Å². The summed E-state index contributed by atoms with van der Waals surface area (Å²) in [4.78, 5) is 40.6. The number of aromatic nitrogens is 3. The third kappa shape index (κ3) is 3.88. The van der Waals surface area contributed by atoms with E-state index in [1.165, 1.54) is 6.07 Å². The number of amides is 1. The number of nitro groups is 1. The van der Waals surface area contributed by atoms with E-state index in [2.05, 4.69) is 10.1 Å². The molecule has 0 saturated heterocycles. The van der Waals surface area contributed by atoms with Gasteiger partial charge in [-0.25, -0.2) is 4.79 Å². The SMILES string of the molecule is CCC1c2c(C(=O)O)nn(Cc3ccc([N+](=O)[O-])c(C)c3)c2C(C)CN1C(=O)c1ccc[nH]1. The third-order valence-electron chi connectivity index (χ3n) is 6.15. The standard InChI is InChI=1S/C23H25N5O5/c1-4-17-19-20(23(30)31)25-27(12-15-7-8-18(28(32)33)13(2)10-15)21(19)14(3)11-26(17)22(29)16-6-5-9-24-16/h5-10,14,17,24H,4,11-12H2,1-3H3,(H,30,31). The highest BCUT2D eigenvalue weighted by Gasteiger charge is 2.40. The fourth-order valence-electron chi connectivity index (χ4n) is 4.74. The topological polar surface area (TPSA) is 134 Å². The van der Waals surface area contributed by atoms with Crippen LogP contribution in [0, 0.1) is 17.0 Å². The Morgan fingerprint density at radius 1 is 1.33 bits per heavy atom. The first kappa shape index (κ1) is 22.3. The second kappa shape index (κ2) is 8.53. The summed E-state index contributed by atoms with van der Waals surface area (Å²) in [7, 11) is 0. The number of benzene rings is 1. The average Bonchev–Trinajstić information content (AvgIpc) is 3.42. The number of nitrogens with one attached hydrogen (secondary N) is 1. The van der Waals surface area contributed by atoms with Crippen LogP contribution in [0.25, 0.3) is 0 Å². The number of fused-ring (bicyclic) bond motifs is 1. The fraction of sp³-hybridized carbons (Fsp3) is 0.348. The summed E-state index contributed by atoms with van der Waals surface area (Å²) in [5.41, 5.74) is 3.07. The molecule has 1 amide bonds. The van der Waals surface area contributed by atoms with E-state index in [0.717, 1.165) is 11.3 Å². The maximum atomic E-state index is 13.2. The minimum Gasteiger partial charge on any atom is -0.476 e. The summed E-state index contributed by atoms with van der Waals surface area (Å²) < 4.78 is 1.67. The number of hydrogen-bond donors (Lipinski definition) is 2. The number of aromatic carboxylic acids is 1. The summed E-state index contributed by atoms with van der Waals surface area (Å²) >= 11 is 0. The van der Waals surface area contributed by atoms with Crippen LogP contribution in [-0.2, 0) is 6.54 Å². The Morgan fingerprint density at radius 3 is 2.67 bits per heavy atom. The normalized spacial score (nSPS) is 17.6. The van der Waals surface area contributed by atoms with E-state index in [0.29, 0.717) is 29.8 Å². The van der Waals surface area contributed by atoms with Crippen LogP contribution in [0.15, 0.2) is 36.5 Å². The Balaban J connectivity index is 1.77. The second-order valence-corrected chi connectivity index (χ2v) is 8.35. The van der Waals surface area contributed by atoms with Gasteiger partial charge in [-0.2, -0.15) is 5.10 Å². The first-order chi connectivity index (χ1) is 15.7. The predicted molar refractivity (Wildman–Crippen MR) is 119 cm³/mol. The van der Waals surface area contributed by atoms with Gasteiger partial charge in [0.15, 0.2) is 5.69 Å². The van der Waals surface area contributed by atoms with Crippen molar-refractivity contribution in [3.63, 3.8) is 0 Å². The van der Waals surface area contributed by atoms with E-state index in [9.17, 15) is 24.8 Å². The van der Waals surface area contributed by atoms with Gasteiger partial charge in [0.1, 0.15) is 5.69 Å². The van der Waals surface area contributed by atoms with Gasteiger partial charge in [0.05, 0.1) is 17.5 Å². The van der Waals surface area contributed by atoms with Crippen molar-refractivity contribution in [2.75, 3.05) is 6.54 Å². The zero-order valence-electron chi connectivity index (χ0n) is 18.6. The predicted octanol–water partition coefficient (Wildman–Crippen LogP) is 3.88. The van der Waals surface area contributed by atoms with Gasteiger partial charge < -0.3 is 15.0 Å². The van der Waals surface area contributed by atoms with Crippen LogP contribution in [0.2, 0.25) is 0 Å². The molecule has 2 atom stereocenters. The van der Waals surface area contributed by atoms with E-state index in [1.807, 2.05) is 13.8 Å². The molecule has 10 nitrogen and oxygen atoms in total. The van der Waals surface area contributed by atoms with Crippen molar-refractivity contribution in [1.29, 1.82) is 0 Å². The lowest BCUT2D eigenvalue weighted by molar-refractivity contribution is -0.385. The van der Waals surface area contributed by atoms with E-state index in [4.69, 9.17) is 0 Å². The smallest absolute Gasteiger partial charge is 0.356 e. The number of rotatable bonds is 6. The van der Waals surface area contributed by atoms with Crippen molar-refractivity contribution >= 4 is 17.6 Å². The molecule has 1 aliphatic heterocycles. The Kier molecular flexibility index (Phi) is 5.75. The lowest BCUT2D eigenvalue weighted by atomic mass is 9.88. The average molecular weight is 451 g/mol. The highest BCUT2D eigenvalue weighted by Crippen LogP contribution is 2.40. The van der Waals surface area contributed by atoms with Gasteiger partial charge >= 0.3 is 5.97 Å². The van der Waals surface area contributed by atoms with E-state index in [-0.39, 0.29) is 29.8 Å². The first-order valence-electron chi connectivity index (χ1n) is 10.7. The number of nitro benzene ring substituents is 1. The van der Waals surface area contributed by atoms with Crippen LogP contribution >= 0.6 is 0 Å². The van der Waals surface area contributed by atoms with E-state index in [1.54, 1.807) is 47.0 Å². The van der Waals surface area contributed by atoms with Crippen molar-refractivity contribution in [2.24, 2.45) is 0 Å². The van der Waals surface area contributed by atoms with Gasteiger partial charge in [0, 0.05) is 41.5 Å². The molecule has 0 bridgehead atoms. The first-order valence-corrected chi connectivity index (χ1v) is 10.7.